The molecule has 0 aliphatic rings. The van der Waals surface area contributed by atoms with Gasteiger partial charge in [-0.15, -0.1) is 0 Å². The lowest BCUT2D eigenvalue weighted by Crippen LogP contribution is -2.31. The highest BCUT2D eigenvalue weighted by Gasteiger charge is 2.21. The van der Waals surface area contributed by atoms with E-state index in [2.05, 4.69) is 9.97 Å². The Morgan fingerprint density at radius 2 is 2.07 bits per heavy atom. The predicted octanol–water partition coefficient (Wildman–Crippen LogP) is 0.0224. The molecule has 1 atom stereocenters. The summed E-state index contributed by atoms with van der Waals surface area (Å²) in [5.74, 6) is 0. The highest BCUT2D eigenvalue weighted by molar-refractivity contribution is 5.75. The molecule has 0 saturated heterocycles. The normalized spacial score (nSPS) is 15.4. The van der Waals surface area contributed by atoms with E-state index in [-0.39, 0.29) is 12.2 Å². The molecule has 0 amide bonds. The predicted molar refractivity (Wildman–Crippen MR) is 57.5 cm³/mol. The van der Waals surface area contributed by atoms with Gasteiger partial charge in [0.1, 0.15) is 0 Å². The molecule has 0 bridgehead atoms. The maximum absolute atomic E-state index is 11.0. The van der Waals surface area contributed by atoms with Crippen LogP contribution in [0.2, 0.25) is 0 Å². The van der Waals surface area contributed by atoms with Crippen molar-refractivity contribution < 1.29 is 5.11 Å². The van der Waals surface area contributed by atoms with Gasteiger partial charge in [-0.3, -0.25) is 0 Å². The number of nitrogens with one attached hydrogen (secondary N) is 2. The molecule has 15 heavy (non-hydrogen) atoms. The van der Waals surface area contributed by atoms with E-state index in [0.29, 0.717) is 11.1 Å². The third-order valence-electron chi connectivity index (χ3n) is 2.54. The second-order valence-electron chi connectivity index (χ2n) is 3.82. The fraction of sp³-hybridized carbons (Fsp3) is 0.300. The summed E-state index contributed by atoms with van der Waals surface area (Å²) in [4.78, 5) is 16.3. The van der Waals surface area contributed by atoms with Crippen molar-refractivity contribution in [1.29, 1.82) is 0 Å². The van der Waals surface area contributed by atoms with E-state index in [1.165, 1.54) is 0 Å². The minimum atomic E-state index is -1.07. The van der Waals surface area contributed by atoms with Crippen LogP contribution >= 0.6 is 0 Å². The Bertz CT molecular complexity index is 539. The minimum Gasteiger partial charge on any atom is -0.384 e. The zero-order valence-electron chi connectivity index (χ0n) is 8.37. The molecular formula is C10H13N3O2. The number of hydrogen-bond donors (Lipinski definition) is 4. The molecule has 5 nitrogen and oxygen atoms in total. The monoisotopic (exact) mass is 207 g/mol. The van der Waals surface area contributed by atoms with Crippen LogP contribution in [0.5, 0.6) is 0 Å². The van der Waals surface area contributed by atoms with Crippen LogP contribution < -0.4 is 11.4 Å². The topological polar surface area (TPSA) is 94.9 Å². The van der Waals surface area contributed by atoms with Gasteiger partial charge in [0, 0.05) is 6.54 Å². The summed E-state index contributed by atoms with van der Waals surface area (Å²) in [5.41, 5.74) is 6.21. The Kier molecular flexibility index (Phi) is 2.13. The van der Waals surface area contributed by atoms with Gasteiger partial charge in [-0.1, -0.05) is 6.07 Å². The Labute approximate surface area is 85.9 Å². The van der Waals surface area contributed by atoms with Gasteiger partial charge in [-0.25, -0.2) is 4.79 Å². The lowest BCUT2D eigenvalue weighted by Gasteiger charge is -2.21. The van der Waals surface area contributed by atoms with Crippen molar-refractivity contribution in [3.63, 3.8) is 0 Å². The Morgan fingerprint density at radius 3 is 2.73 bits per heavy atom. The molecule has 0 saturated carbocycles. The summed E-state index contributed by atoms with van der Waals surface area (Å²) in [6.45, 7) is 1.77. The molecule has 80 valence electrons. The first-order chi connectivity index (χ1) is 7.03. The second-order valence-corrected chi connectivity index (χ2v) is 3.82. The van der Waals surface area contributed by atoms with Gasteiger partial charge in [-0.05, 0) is 24.6 Å². The van der Waals surface area contributed by atoms with Crippen LogP contribution in [0, 0.1) is 0 Å². The molecule has 0 aliphatic carbocycles. The number of nitrogens with two attached hydrogens (primary N) is 1. The number of imidazole rings is 1. The zero-order valence-corrected chi connectivity index (χ0v) is 8.37. The smallest absolute Gasteiger partial charge is 0.323 e. The largest absolute Gasteiger partial charge is 0.384 e. The maximum atomic E-state index is 11.0. The second kappa shape index (κ2) is 3.22. The Morgan fingerprint density at radius 1 is 1.40 bits per heavy atom. The van der Waals surface area contributed by atoms with E-state index < -0.39 is 5.60 Å². The summed E-state index contributed by atoms with van der Waals surface area (Å²) in [6, 6.07) is 5.21. The SMILES string of the molecule is CC(O)(CN)c1ccc2[nH]c(=O)[nH]c2c1. The summed E-state index contributed by atoms with van der Waals surface area (Å²) in [5, 5.41) is 9.93. The number of aromatic amines is 2. The Balaban J connectivity index is 2.60. The molecule has 1 unspecified atom stereocenters. The fourth-order valence-electron chi connectivity index (χ4n) is 1.49. The molecule has 2 aromatic rings. The van der Waals surface area contributed by atoms with Crippen LogP contribution in [0.1, 0.15) is 12.5 Å². The average Bonchev–Trinajstić information content (AvgIpc) is 2.56. The molecule has 1 aromatic heterocycles. The van der Waals surface area contributed by atoms with E-state index in [1.807, 2.05) is 0 Å². The van der Waals surface area contributed by atoms with Crippen molar-refractivity contribution in [3.8, 4) is 0 Å². The number of fused-ring (bicyclic) bond motifs is 1. The van der Waals surface area contributed by atoms with Crippen LogP contribution in [0.15, 0.2) is 23.0 Å². The number of hydrogen-bond acceptors (Lipinski definition) is 3. The van der Waals surface area contributed by atoms with Crippen molar-refractivity contribution in [2.45, 2.75) is 12.5 Å². The standard InChI is InChI=1S/C10H13N3O2/c1-10(15,5-11)6-2-3-7-8(4-6)13-9(14)12-7/h2-4,15H,5,11H2,1H3,(H2,12,13,14). The molecule has 5 heteroatoms. The number of H-pyrrole nitrogens is 2. The van der Waals surface area contributed by atoms with Crippen molar-refractivity contribution in [3.05, 3.63) is 34.2 Å². The van der Waals surface area contributed by atoms with Gasteiger partial charge in [0.15, 0.2) is 0 Å². The first kappa shape index (κ1) is 9.95. The molecule has 2 rings (SSSR count). The summed E-state index contributed by atoms with van der Waals surface area (Å²) >= 11 is 0. The minimum absolute atomic E-state index is 0.132. The average molecular weight is 207 g/mol. The van der Waals surface area contributed by atoms with Crippen LogP contribution in [0.4, 0.5) is 0 Å². The van der Waals surface area contributed by atoms with Gasteiger partial charge in [-0.2, -0.15) is 0 Å². The number of rotatable bonds is 2. The van der Waals surface area contributed by atoms with Crippen molar-refractivity contribution >= 4 is 11.0 Å². The van der Waals surface area contributed by atoms with Crippen LogP contribution in [-0.4, -0.2) is 21.6 Å². The van der Waals surface area contributed by atoms with Gasteiger partial charge in [0.25, 0.3) is 0 Å². The molecule has 0 radical (unpaired) electrons. The lowest BCUT2D eigenvalue weighted by atomic mass is 9.96. The van der Waals surface area contributed by atoms with Gasteiger partial charge < -0.3 is 20.8 Å². The Hall–Kier alpha value is -1.59. The van der Waals surface area contributed by atoms with Crippen molar-refractivity contribution in [2.75, 3.05) is 6.54 Å². The van der Waals surface area contributed by atoms with E-state index in [9.17, 15) is 9.90 Å². The van der Waals surface area contributed by atoms with Gasteiger partial charge in [0.05, 0.1) is 16.6 Å². The van der Waals surface area contributed by atoms with E-state index in [0.717, 1.165) is 5.52 Å². The van der Waals surface area contributed by atoms with Crippen molar-refractivity contribution in [1.82, 2.24) is 9.97 Å². The molecule has 0 spiro atoms. The maximum Gasteiger partial charge on any atom is 0.323 e. The fourth-order valence-corrected chi connectivity index (χ4v) is 1.49. The van der Waals surface area contributed by atoms with Crippen molar-refractivity contribution in [2.24, 2.45) is 5.73 Å². The molecular weight excluding hydrogens is 194 g/mol. The molecule has 1 aromatic carbocycles. The molecule has 5 N–H and O–H groups in total. The van der Waals surface area contributed by atoms with E-state index >= 15 is 0 Å². The lowest BCUT2D eigenvalue weighted by molar-refractivity contribution is 0.0669. The highest BCUT2D eigenvalue weighted by Crippen LogP contribution is 2.21. The highest BCUT2D eigenvalue weighted by atomic mass is 16.3. The summed E-state index contributed by atoms with van der Waals surface area (Å²) in [7, 11) is 0. The quantitative estimate of drug-likeness (QED) is 0.559. The molecule has 0 fully saturated rings. The van der Waals surface area contributed by atoms with E-state index in [1.54, 1.807) is 25.1 Å². The first-order valence-electron chi connectivity index (χ1n) is 4.68. The van der Waals surface area contributed by atoms with Crippen LogP contribution in [0.3, 0.4) is 0 Å². The first-order valence-corrected chi connectivity index (χ1v) is 4.68. The van der Waals surface area contributed by atoms with Crippen LogP contribution in [-0.2, 0) is 5.60 Å². The van der Waals surface area contributed by atoms with E-state index in [4.69, 9.17) is 5.73 Å². The zero-order chi connectivity index (χ0) is 11.1. The third-order valence-corrected chi connectivity index (χ3v) is 2.54. The van der Waals surface area contributed by atoms with Crippen LogP contribution in [0.25, 0.3) is 11.0 Å². The number of benzene rings is 1. The van der Waals surface area contributed by atoms with Gasteiger partial charge >= 0.3 is 5.69 Å². The summed E-state index contributed by atoms with van der Waals surface area (Å²) in [6.07, 6.45) is 0. The molecule has 1 heterocycles. The summed E-state index contributed by atoms with van der Waals surface area (Å²) < 4.78 is 0. The third kappa shape index (κ3) is 1.67. The number of aromatic nitrogens is 2. The van der Waals surface area contributed by atoms with Gasteiger partial charge in [0.2, 0.25) is 0 Å². The molecule has 0 aliphatic heterocycles. The number of aliphatic hydroxyl groups is 1.